The molecule has 0 aliphatic carbocycles. The van der Waals surface area contributed by atoms with E-state index in [1.54, 1.807) is 6.08 Å². The Kier molecular flexibility index (Phi) is 6.09. The molecule has 2 fully saturated rings. The molecule has 2 bridgehead atoms. The third-order valence-corrected chi connectivity index (χ3v) is 4.33. The van der Waals surface area contributed by atoms with Crippen LogP contribution < -0.4 is 10.1 Å². The van der Waals surface area contributed by atoms with Crippen LogP contribution in [0.4, 0.5) is 0 Å². The van der Waals surface area contributed by atoms with Gasteiger partial charge in [0, 0.05) is 37.3 Å². The Hall–Kier alpha value is -1.03. The molecule has 0 radical (unpaired) electrons. The molecule has 0 aromatic heterocycles. The minimum Gasteiger partial charge on any atom is -0.489 e. The number of ether oxygens (including phenoxy) is 1. The van der Waals surface area contributed by atoms with E-state index in [9.17, 15) is 0 Å². The quantitative estimate of drug-likeness (QED) is 0.846. The van der Waals surface area contributed by atoms with Gasteiger partial charge in [-0.1, -0.05) is 30.9 Å². The Bertz CT molecular complexity index is 466. The van der Waals surface area contributed by atoms with Gasteiger partial charge in [-0.2, -0.15) is 0 Å². The third kappa shape index (κ3) is 4.22. The fourth-order valence-electron chi connectivity index (χ4n) is 3.32. The summed E-state index contributed by atoms with van der Waals surface area (Å²) in [4.78, 5) is 2.56. The maximum atomic E-state index is 5.76. The first kappa shape index (κ1) is 16.3. The third-order valence-electron chi connectivity index (χ3n) is 4.33. The SMILES string of the molecule is C=CCOc1ccccc1CN1CCC2CCC(C1)N2.Cl. The molecule has 3 rings (SSSR count). The summed E-state index contributed by atoms with van der Waals surface area (Å²) in [5, 5.41) is 3.73. The summed E-state index contributed by atoms with van der Waals surface area (Å²) in [5.41, 5.74) is 1.28. The summed E-state index contributed by atoms with van der Waals surface area (Å²) < 4.78 is 5.76. The number of rotatable bonds is 5. The maximum absolute atomic E-state index is 5.76. The monoisotopic (exact) mass is 308 g/mol. The van der Waals surface area contributed by atoms with Crippen LogP contribution in [0.5, 0.6) is 5.75 Å². The van der Waals surface area contributed by atoms with E-state index in [0.29, 0.717) is 12.6 Å². The van der Waals surface area contributed by atoms with Crippen LogP contribution in [0.3, 0.4) is 0 Å². The highest BCUT2D eigenvalue weighted by atomic mass is 35.5. The van der Waals surface area contributed by atoms with Gasteiger partial charge in [-0.3, -0.25) is 4.90 Å². The van der Waals surface area contributed by atoms with Crippen molar-refractivity contribution in [1.29, 1.82) is 0 Å². The summed E-state index contributed by atoms with van der Waals surface area (Å²) >= 11 is 0. The summed E-state index contributed by atoms with van der Waals surface area (Å²) in [6, 6.07) is 9.79. The van der Waals surface area contributed by atoms with Crippen LogP contribution >= 0.6 is 12.4 Å². The number of nitrogens with zero attached hydrogens (tertiary/aromatic N) is 1. The van der Waals surface area contributed by atoms with Crippen molar-refractivity contribution in [2.24, 2.45) is 0 Å². The molecule has 0 amide bonds. The van der Waals surface area contributed by atoms with Gasteiger partial charge in [-0.05, 0) is 25.3 Å². The van der Waals surface area contributed by atoms with E-state index in [1.807, 2.05) is 6.07 Å². The van der Waals surface area contributed by atoms with Crippen LogP contribution in [-0.4, -0.2) is 36.7 Å². The number of hydrogen-bond donors (Lipinski definition) is 1. The lowest BCUT2D eigenvalue weighted by molar-refractivity contribution is 0.245. The molecule has 2 saturated heterocycles. The molecule has 1 N–H and O–H groups in total. The Balaban J connectivity index is 0.00000161. The fourth-order valence-corrected chi connectivity index (χ4v) is 3.32. The van der Waals surface area contributed by atoms with Crippen LogP contribution in [0.25, 0.3) is 0 Å². The van der Waals surface area contributed by atoms with E-state index in [0.717, 1.165) is 24.9 Å². The van der Waals surface area contributed by atoms with Gasteiger partial charge in [0.15, 0.2) is 0 Å². The predicted molar refractivity (Wildman–Crippen MR) is 89.2 cm³/mol. The number of benzene rings is 1. The van der Waals surface area contributed by atoms with Crippen molar-refractivity contribution >= 4 is 12.4 Å². The average Bonchev–Trinajstić information content (AvgIpc) is 2.80. The van der Waals surface area contributed by atoms with Crippen molar-refractivity contribution in [3.8, 4) is 5.75 Å². The lowest BCUT2D eigenvalue weighted by Gasteiger charge is -2.24. The Labute approximate surface area is 133 Å². The molecule has 2 aliphatic heterocycles. The highest BCUT2D eigenvalue weighted by Crippen LogP contribution is 2.24. The van der Waals surface area contributed by atoms with Gasteiger partial charge in [0.1, 0.15) is 12.4 Å². The minimum absolute atomic E-state index is 0. The second-order valence-electron chi connectivity index (χ2n) is 5.87. The second-order valence-corrected chi connectivity index (χ2v) is 5.87. The molecule has 21 heavy (non-hydrogen) atoms. The number of likely N-dealkylation sites (tertiary alicyclic amines) is 1. The first-order chi connectivity index (χ1) is 9.85. The molecule has 1 aromatic rings. The Morgan fingerprint density at radius 3 is 2.90 bits per heavy atom. The molecule has 4 heteroatoms. The average molecular weight is 309 g/mol. The molecule has 2 atom stereocenters. The van der Waals surface area contributed by atoms with Gasteiger partial charge in [0.25, 0.3) is 0 Å². The summed E-state index contributed by atoms with van der Waals surface area (Å²) in [6.45, 7) is 7.62. The Morgan fingerprint density at radius 1 is 1.24 bits per heavy atom. The molecule has 0 saturated carbocycles. The van der Waals surface area contributed by atoms with Crippen molar-refractivity contribution in [3.05, 3.63) is 42.5 Å². The predicted octanol–water partition coefficient (Wildman–Crippen LogP) is 3.00. The smallest absolute Gasteiger partial charge is 0.124 e. The van der Waals surface area contributed by atoms with E-state index in [1.165, 1.54) is 31.4 Å². The van der Waals surface area contributed by atoms with E-state index in [-0.39, 0.29) is 12.4 Å². The maximum Gasteiger partial charge on any atom is 0.124 e. The standard InChI is InChI=1S/C17H24N2O.ClH/c1-2-11-20-17-6-4-3-5-14(17)12-19-10-9-15-7-8-16(13-19)18-15;/h2-6,15-16,18H,1,7-13H2;1H. The zero-order valence-electron chi connectivity index (χ0n) is 12.5. The lowest BCUT2D eigenvalue weighted by atomic mass is 10.1. The van der Waals surface area contributed by atoms with E-state index >= 15 is 0 Å². The number of halogens is 1. The van der Waals surface area contributed by atoms with Crippen molar-refractivity contribution in [2.45, 2.75) is 37.9 Å². The lowest BCUT2D eigenvalue weighted by Crippen LogP contribution is -2.35. The van der Waals surface area contributed by atoms with E-state index < -0.39 is 0 Å². The van der Waals surface area contributed by atoms with Crippen LogP contribution in [0.2, 0.25) is 0 Å². The number of hydrogen-bond acceptors (Lipinski definition) is 3. The first-order valence-corrected chi connectivity index (χ1v) is 7.65. The van der Waals surface area contributed by atoms with Crippen LogP contribution in [-0.2, 0) is 6.54 Å². The zero-order chi connectivity index (χ0) is 13.8. The van der Waals surface area contributed by atoms with E-state index in [2.05, 4.69) is 35.0 Å². The van der Waals surface area contributed by atoms with Gasteiger partial charge in [0.05, 0.1) is 0 Å². The van der Waals surface area contributed by atoms with Crippen LogP contribution in [0.1, 0.15) is 24.8 Å². The molecule has 116 valence electrons. The molecular weight excluding hydrogens is 284 g/mol. The van der Waals surface area contributed by atoms with Crippen molar-refractivity contribution < 1.29 is 4.74 Å². The molecule has 0 spiro atoms. The van der Waals surface area contributed by atoms with Gasteiger partial charge in [0.2, 0.25) is 0 Å². The minimum atomic E-state index is 0. The second kappa shape index (κ2) is 7.83. The molecule has 2 aliphatic rings. The number of para-hydroxylation sites is 1. The van der Waals surface area contributed by atoms with Gasteiger partial charge < -0.3 is 10.1 Å². The van der Waals surface area contributed by atoms with E-state index in [4.69, 9.17) is 4.74 Å². The number of nitrogens with one attached hydrogen (secondary N) is 1. The van der Waals surface area contributed by atoms with Gasteiger partial charge in [-0.15, -0.1) is 12.4 Å². The van der Waals surface area contributed by atoms with Crippen LogP contribution in [0.15, 0.2) is 36.9 Å². The molecule has 2 unspecified atom stereocenters. The molecular formula is C17H25ClN2O. The molecule has 1 aromatic carbocycles. The normalized spacial score (nSPS) is 25.0. The highest BCUT2D eigenvalue weighted by molar-refractivity contribution is 5.85. The topological polar surface area (TPSA) is 24.5 Å². The van der Waals surface area contributed by atoms with Crippen LogP contribution in [0, 0.1) is 0 Å². The van der Waals surface area contributed by atoms with Gasteiger partial charge >= 0.3 is 0 Å². The molecule has 2 heterocycles. The Morgan fingerprint density at radius 2 is 2.05 bits per heavy atom. The summed E-state index contributed by atoms with van der Waals surface area (Å²) in [5.74, 6) is 0.995. The first-order valence-electron chi connectivity index (χ1n) is 7.65. The molecule has 3 nitrogen and oxygen atoms in total. The summed E-state index contributed by atoms with van der Waals surface area (Å²) in [6.07, 6.45) is 5.76. The van der Waals surface area contributed by atoms with Crippen molar-refractivity contribution in [2.75, 3.05) is 19.7 Å². The number of fused-ring (bicyclic) bond motifs is 2. The zero-order valence-corrected chi connectivity index (χ0v) is 13.3. The fraction of sp³-hybridized carbons (Fsp3) is 0.529. The largest absolute Gasteiger partial charge is 0.489 e. The van der Waals surface area contributed by atoms with Gasteiger partial charge in [-0.25, -0.2) is 0 Å². The van der Waals surface area contributed by atoms with Crippen molar-refractivity contribution in [3.63, 3.8) is 0 Å². The van der Waals surface area contributed by atoms with Crippen molar-refractivity contribution in [1.82, 2.24) is 10.2 Å². The summed E-state index contributed by atoms with van der Waals surface area (Å²) in [7, 11) is 0. The highest BCUT2D eigenvalue weighted by Gasteiger charge is 2.29.